The van der Waals surface area contributed by atoms with Gasteiger partial charge in [0, 0.05) is 30.3 Å². The molecule has 0 amide bonds. The first-order valence-corrected chi connectivity index (χ1v) is 8.98. The Labute approximate surface area is 162 Å². The lowest BCUT2D eigenvalue weighted by molar-refractivity contribution is -0.990. The second-order valence-electron chi connectivity index (χ2n) is 7.23. The molecule has 0 saturated heterocycles. The molecule has 0 bridgehead atoms. The van der Waals surface area contributed by atoms with Crippen LogP contribution in [-0.4, -0.2) is 24.5 Å². The van der Waals surface area contributed by atoms with E-state index in [2.05, 4.69) is 15.2 Å². The second-order valence-corrected chi connectivity index (χ2v) is 7.23. The monoisotopic (exact) mass is 397 g/mol. The van der Waals surface area contributed by atoms with E-state index in [9.17, 15) is 13.2 Å². The van der Waals surface area contributed by atoms with Crippen LogP contribution < -0.4 is 9.13 Å². The number of hydrogen-bond donors (Lipinski definition) is 0. The van der Waals surface area contributed by atoms with Crippen molar-refractivity contribution in [2.75, 3.05) is 0 Å². The Morgan fingerprint density at radius 3 is 2.52 bits per heavy atom. The van der Waals surface area contributed by atoms with Gasteiger partial charge in [0.25, 0.3) is 5.69 Å². The van der Waals surface area contributed by atoms with Crippen molar-refractivity contribution in [1.29, 1.82) is 0 Å². The van der Waals surface area contributed by atoms with Gasteiger partial charge in [-0.15, -0.1) is 9.78 Å². The minimum absolute atomic E-state index is 0.365. The number of hydrogen-bond acceptors (Lipinski definition) is 3. The first-order chi connectivity index (χ1) is 13.8. The average molecular weight is 397 g/mol. The van der Waals surface area contributed by atoms with Crippen molar-refractivity contribution >= 4 is 0 Å². The number of aromatic nitrogens is 7. The maximum atomic E-state index is 13.5. The van der Waals surface area contributed by atoms with Crippen LogP contribution in [0.3, 0.4) is 0 Å². The zero-order valence-electron chi connectivity index (χ0n) is 15.4. The van der Waals surface area contributed by atoms with Crippen LogP contribution in [-0.2, 0) is 12.1 Å². The SMILES string of the molecule is Cc1cc[n+]2c(c1)-c1cc(C(F)(F)F)nn1C21n2nc(C)nc2-c2cccc[n+]21. The molecule has 6 heterocycles. The summed E-state index contributed by atoms with van der Waals surface area (Å²) in [5.74, 6) is -0.200. The van der Waals surface area contributed by atoms with Crippen LogP contribution in [0.2, 0.25) is 0 Å². The molecule has 0 radical (unpaired) electrons. The van der Waals surface area contributed by atoms with E-state index in [-0.39, 0.29) is 0 Å². The third-order valence-electron chi connectivity index (χ3n) is 5.39. The molecule has 144 valence electrons. The highest BCUT2D eigenvalue weighted by atomic mass is 19.4. The van der Waals surface area contributed by atoms with Crippen LogP contribution in [0.15, 0.2) is 48.8 Å². The zero-order chi connectivity index (χ0) is 20.1. The maximum Gasteiger partial charge on any atom is 0.584 e. The van der Waals surface area contributed by atoms with Crippen molar-refractivity contribution in [1.82, 2.24) is 24.5 Å². The van der Waals surface area contributed by atoms with E-state index in [4.69, 9.17) is 0 Å². The fourth-order valence-electron chi connectivity index (χ4n) is 4.29. The van der Waals surface area contributed by atoms with Gasteiger partial charge in [0.15, 0.2) is 23.8 Å². The standard InChI is InChI=1S/C19H14F3N7/c1-11-6-8-27-14(9-11)15-10-16(18(20,21)22)25-28(15)19(27)26-7-4-3-5-13(26)17-23-12(2)24-29(17)19/h3-10H,1-2H3/q+2. The highest BCUT2D eigenvalue weighted by Gasteiger charge is 2.70. The van der Waals surface area contributed by atoms with Gasteiger partial charge in [-0.2, -0.15) is 18.3 Å². The minimum Gasteiger partial charge on any atom is -0.206 e. The Bertz CT molecular complexity index is 1330. The van der Waals surface area contributed by atoms with Gasteiger partial charge < -0.3 is 0 Å². The Kier molecular flexibility index (Phi) is 2.76. The number of alkyl halides is 3. The molecular formula is C19H14F3N7+2. The molecule has 2 aliphatic heterocycles. The number of halogens is 3. The third kappa shape index (κ3) is 1.81. The summed E-state index contributed by atoms with van der Waals surface area (Å²) in [6.07, 6.45) is -0.901. The summed E-state index contributed by atoms with van der Waals surface area (Å²) in [6.45, 7) is 3.66. The van der Waals surface area contributed by atoms with E-state index in [0.717, 1.165) is 17.3 Å². The maximum absolute atomic E-state index is 13.5. The number of rotatable bonds is 0. The Balaban J connectivity index is 1.81. The lowest BCUT2D eigenvalue weighted by Crippen LogP contribution is -2.77. The Morgan fingerprint density at radius 2 is 1.72 bits per heavy atom. The predicted octanol–water partition coefficient (Wildman–Crippen LogP) is 1.86. The van der Waals surface area contributed by atoms with Gasteiger partial charge in [-0.25, -0.2) is 4.98 Å². The summed E-state index contributed by atoms with van der Waals surface area (Å²) in [5, 5.41) is 8.56. The van der Waals surface area contributed by atoms with Gasteiger partial charge in [-0.3, -0.25) is 0 Å². The van der Waals surface area contributed by atoms with Gasteiger partial charge in [0.1, 0.15) is 5.82 Å². The van der Waals surface area contributed by atoms with E-state index >= 15 is 0 Å². The summed E-state index contributed by atoms with van der Waals surface area (Å²) in [6, 6.07) is 10.4. The van der Waals surface area contributed by atoms with Gasteiger partial charge >= 0.3 is 12.1 Å². The summed E-state index contributed by atoms with van der Waals surface area (Å²) in [5.41, 5.74) is 1.72. The second kappa shape index (κ2) is 4.88. The van der Waals surface area contributed by atoms with Crippen LogP contribution >= 0.6 is 0 Å². The van der Waals surface area contributed by atoms with E-state index in [1.807, 2.05) is 58.8 Å². The third-order valence-corrected chi connectivity index (χ3v) is 5.39. The Morgan fingerprint density at radius 1 is 0.931 bits per heavy atom. The number of aryl methyl sites for hydroxylation is 2. The first kappa shape index (κ1) is 16.4. The summed E-state index contributed by atoms with van der Waals surface area (Å²) < 4.78 is 47.4. The molecule has 0 fully saturated rings. The van der Waals surface area contributed by atoms with Crippen molar-refractivity contribution < 1.29 is 22.3 Å². The highest BCUT2D eigenvalue weighted by Crippen LogP contribution is 2.39. The molecule has 1 unspecified atom stereocenters. The number of pyridine rings is 2. The predicted molar refractivity (Wildman–Crippen MR) is 92.2 cm³/mol. The molecule has 4 aromatic rings. The van der Waals surface area contributed by atoms with Gasteiger partial charge in [0.05, 0.1) is 0 Å². The molecule has 2 aliphatic rings. The molecule has 0 aliphatic carbocycles. The highest BCUT2D eigenvalue weighted by molar-refractivity contribution is 5.57. The molecule has 10 heteroatoms. The van der Waals surface area contributed by atoms with E-state index < -0.39 is 17.8 Å². The largest absolute Gasteiger partial charge is 0.584 e. The number of nitrogens with zero attached hydrogens (tertiary/aromatic N) is 7. The Hall–Kier alpha value is -3.56. The van der Waals surface area contributed by atoms with Gasteiger partial charge in [-0.05, 0) is 25.5 Å². The molecule has 29 heavy (non-hydrogen) atoms. The molecule has 1 atom stereocenters. The topological polar surface area (TPSA) is 56.3 Å². The van der Waals surface area contributed by atoms with Crippen molar-refractivity contribution in [3.63, 3.8) is 0 Å². The lowest BCUT2D eigenvalue weighted by Gasteiger charge is -2.15. The fraction of sp³-hybridized carbons (Fsp3) is 0.211. The van der Waals surface area contributed by atoms with E-state index in [1.165, 1.54) is 4.68 Å². The molecule has 0 N–H and O–H groups in total. The molecule has 0 saturated carbocycles. The molecule has 0 aromatic carbocycles. The lowest BCUT2D eigenvalue weighted by atomic mass is 10.2. The van der Waals surface area contributed by atoms with Gasteiger partial charge in [0.2, 0.25) is 11.5 Å². The normalized spacial score (nSPS) is 18.7. The molecular weight excluding hydrogens is 383 g/mol. The van der Waals surface area contributed by atoms with Crippen LogP contribution in [0.4, 0.5) is 13.2 Å². The van der Waals surface area contributed by atoms with Crippen LogP contribution in [0.1, 0.15) is 17.1 Å². The number of fused-ring (bicyclic) bond motifs is 10. The zero-order valence-corrected chi connectivity index (χ0v) is 15.4. The average Bonchev–Trinajstić information content (AvgIpc) is 3.37. The van der Waals surface area contributed by atoms with Crippen LogP contribution in [0, 0.1) is 13.8 Å². The van der Waals surface area contributed by atoms with E-state index in [0.29, 0.717) is 23.0 Å². The van der Waals surface area contributed by atoms with Crippen LogP contribution in [0.25, 0.3) is 22.9 Å². The van der Waals surface area contributed by atoms with Gasteiger partial charge in [-0.1, -0.05) is 13.8 Å². The molecule has 1 spiro atoms. The van der Waals surface area contributed by atoms with E-state index in [1.54, 1.807) is 11.6 Å². The summed E-state index contributed by atoms with van der Waals surface area (Å²) in [4.78, 5) is 4.52. The van der Waals surface area contributed by atoms with Crippen LogP contribution in [0.5, 0.6) is 0 Å². The van der Waals surface area contributed by atoms with Crippen molar-refractivity contribution in [2.24, 2.45) is 0 Å². The quantitative estimate of drug-likeness (QED) is 0.368. The smallest absolute Gasteiger partial charge is 0.206 e. The summed E-state index contributed by atoms with van der Waals surface area (Å²) in [7, 11) is 0. The molecule has 7 nitrogen and oxygen atoms in total. The first-order valence-electron chi connectivity index (χ1n) is 8.98. The molecule has 4 aromatic heterocycles. The minimum atomic E-state index is -4.56. The summed E-state index contributed by atoms with van der Waals surface area (Å²) >= 11 is 0. The fourth-order valence-corrected chi connectivity index (χ4v) is 4.29. The van der Waals surface area contributed by atoms with Crippen molar-refractivity contribution in [3.8, 4) is 22.9 Å². The van der Waals surface area contributed by atoms with Crippen molar-refractivity contribution in [2.45, 2.75) is 25.9 Å². The van der Waals surface area contributed by atoms with Crippen molar-refractivity contribution in [3.05, 3.63) is 65.9 Å². The molecule has 6 rings (SSSR count).